The van der Waals surface area contributed by atoms with Gasteiger partial charge in [0, 0.05) is 6.20 Å². The number of nitro benzene ring substituents is 1. The number of rotatable bonds is 4. The number of nitro groups is 1. The smallest absolute Gasteiger partial charge is 0.328 e. The van der Waals surface area contributed by atoms with Gasteiger partial charge in [-0.1, -0.05) is 0 Å². The summed E-state index contributed by atoms with van der Waals surface area (Å²) >= 11 is 0. The van der Waals surface area contributed by atoms with Gasteiger partial charge in [0.15, 0.2) is 0 Å². The van der Waals surface area contributed by atoms with Crippen molar-refractivity contribution in [1.29, 1.82) is 0 Å². The molecule has 0 atom stereocenters. The van der Waals surface area contributed by atoms with E-state index in [1.54, 1.807) is 24.4 Å². The minimum Gasteiger partial charge on any atom is -0.480 e. The molecular weight excluding hydrogens is 262 g/mol. The average molecular weight is 275 g/mol. The predicted octanol–water partition coefficient (Wildman–Crippen LogP) is 2.42. The van der Waals surface area contributed by atoms with E-state index in [9.17, 15) is 14.9 Å². The zero-order valence-electron chi connectivity index (χ0n) is 11.0. The Bertz CT molecular complexity index is 697. The van der Waals surface area contributed by atoms with Gasteiger partial charge in [-0.3, -0.25) is 15.1 Å². The fraction of sp³-hybridized carbons (Fsp3) is 0.231. The molecule has 2 aromatic rings. The number of fused-ring (bicyclic) bond motifs is 1. The van der Waals surface area contributed by atoms with Crippen LogP contribution in [0.25, 0.3) is 10.9 Å². The third-order valence-electron chi connectivity index (χ3n) is 2.92. The number of hydrogen-bond acceptors (Lipinski definition) is 5. The molecule has 20 heavy (non-hydrogen) atoms. The summed E-state index contributed by atoms with van der Waals surface area (Å²) in [5, 5.41) is 23.4. The number of benzene rings is 1. The Morgan fingerprint density at radius 3 is 2.70 bits per heavy atom. The lowest BCUT2D eigenvalue weighted by atomic mass is 10.0. The van der Waals surface area contributed by atoms with Crippen molar-refractivity contribution in [2.75, 3.05) is 5.32 Å². The van der Waals surface area contributed by atoms with Gasteiger partial charge in [-0.2, -0.15) is 0 Å². The van der Waals surface area contributed by atoms with Gasteiger partial charge in [0.1, 0.15) is 11.2 Å². The highest BCUT2D eigenvalue weighted by atomic mass is 16.6. The van der Waals surface area contributed by atoms with Crippen molar-refractivity contribution in [1.82, 2.24) is 4.98 Å². The van der Waals surface area contributed by atoms with Crippen LogP contribution in [0.4, 0.5) is 11.4 Å². The van der Waals surface area contributed by atoms with Gasteiger partial charge in [0.2, 0.25) is 0 Å². The zero-order valence-corrected chi connectivity index (χ0v) is 11.0. The third-order valence-corrected chi connectivity index (χ3v) is 2.92. The summed E-state index contributed by atoms with van der Waals surface area (Å²) in [6.07, 6.45) is 1.54. The Hall–Kier alpha value is -2.70. The number of carbonyl (C=O) groups is 1. The van der Waals surface area contributed by atoms with Gasteiger partial charge in [0.25, 0.3) is 0 Å². The van der Waals surface area contributed by atoms with Gasteiger partial charge in [0.05, 0.1) is 15.8 Å². The molecular formula is C13H13N3O4. The fourth-order valence-corrected chi connectivity index (χ4v) is 1.82. The van der Waals surface area contributed by atoms with Gasteiger partial charge >= 0.3 is 11.7 Å². The Morgan fingerprint density at radius 1 is 1.40 bits per heavy atom. The summed E-state index contributed by atoms with van der Waals surface area (Å²) in [5.41, 5.74) is -0.855. The monoisotopic (exact) mass is 275 g/mol. The molecule has 0 aliphatic carbocycles. The first-order valence-electron chi connectivity index (χ1n) is 5.86. The fourth-order valence-electron chi connectivity index (χ4n) is 1.82. The number of nitrogens with zero attached hydrogens (tertiary/aromatic N) is 2. The van der Waals surface area contributed by atoms with E-state index in [-0.39, 0.29) is 11.4 Å². The molecule has 7 nitrogen and oxygen atoms in total. The van der Waals surface area contributed by atoms with Crippen molar-refractivity contribution < 1.29 is 14.8 Å². The number of anilines is 1. The zero-order chi connectivity index (χ0) is 14.9. The number of nitrogens with one attached hydrogen (secondary N) is 1. The van der Waals surface area contributed by atoms with Crippen molar-refractivity contribution in [3.63, 3.8) is 0 Å². The van der Waals surface area contributed by atoms with E-state index in [1.807, 2.05) is 0 Å². The molecule has 0 bridgehead atoms. The first kappa shape index (κ1) is 13.7. The Morgan fingerprint density at radius 2 is 2.10 bits per heavy atom. The van der Waals surface area contributed by atoms with Gasteiger partial charge < -0.3 is 10.4 Å². The van der Waals surface area contributed by atoms with E-state index in [4.69, 9.17) is 5.11 Å². The molecule has 0 fully saturated rings. The lowest BCUT2D eigenvalue weighted by Crippen LogP contribution is -2.40. The molecule has 7 heteroatoms. The third kappa shape index (κ3) is 2.37. The maximum absolute atomic E-state index is 11.3. The number of aliphatic carboxylic acids is 1. The van der Waals surface area contributed by atoms with E-state index in [2.05, 4.69) is 10.3 Å². The maximum atomic E-state index is 11.3. The Balaban J connectivity index is 2.62. The van der Waals surface area contributed by atoms with Crippen LogP contribution in [0, 0.1) is 10.1 Å². The number of pyridine rings is 1. The molecule has 0 spiro atoms. The summed E-state index contributed by atoms with van der Waals surface area (Å²) in [7, 11) is 0. The molecule has 1 heterocycles. The molecule has 2 N–H and O–H groups in total. The van der Waals surface area contributed by atoms with Crippen LogP contribution in [0.1, 0.15) is 13.8 Å². The number of carboxylic acids is 1. The number of hydrogen-bond donors (Lipinski definition) is 2. The highest BCUT2D eigenvalue weighted by molar-refractivity contribution is 5.95. The van der Waals surface area contributed by atoms with Crippen LogP contribution in [-0.4, -0.2) is 26.5 Å². The van der Waals surface area contributed by atoms with Crippen LogP contribution in [0.2, 0.25) is 0 Å². The highest BCUT2D eigenvalue weighted by Crippen LogP contribution is 2.34. The second-order valence-corrected chi connectivity index (χ2v) is 4.84. The largest absolute Gasteiger partial charge is 0.480 e. The molecule has 0 saturated heterocycles. The molecule has 0 aliphatic rings. The molecule has 0 unspecified atom stereocenters. The predicted molar refractivity (Wildman–Crippen MR) is 73.7 cm³/mol. The second-order valence-electron chi connectivity index (χ2n) is 4.84. The minimum atomic E-state index is -1.32. The van der Waals surface area contributed by atoms with Gasteiger partial charge in [-0.25, -0.2) is 4.79 Å². The molecule has 0 radical (unpaired) electrons. The van der Waals surface area contributed by atoms with Crippen molar-refractivity contribution in [3.05, 3.63) is 40.6 Å². The molecule has 0 aliphatic heterocycles. The standard InChI is InChI=1S/C13H13N3O4/c1-13(2,12(17)18)15-10-6-5-9-8(4-3-7-14-9)11(10)16(19)20/h3-7,15H,1-2H3,(H,17,18). The van der Waals surface area contributed by atoms with Crippen LogP contribution in [0.3, 0.4) is 0 Å². The summed E-state index contributed by atoms with van der Waals surface area (Å²) < 4.78 is 0. The summed E-state index contributed by atoms with van der Waals surface area (Å²) in [6.45, 7) is 2.87. The molecule has 0 amide bonds. The Kier molecular flexibility index (Phi) is 3.27. The van der Waals surface area contributed by atoms with E-state index < -0.39 is 16.4 Å². The van der Waals surface area contributed by atoms with Crippen LogP contribution in [0.15, 0.2) is 30.5 Å². The topological polar surface area (TPSA) is 105 Å². The van der Waals surface area contributed by atoms with Gasteiger partial charge in [-0.05, 0) is 38.1 Å². The van der Waals surface area contributed by atoms with Crippen molar-refractivity contribution in [2.24, 2.45) is 0 Å². The van der Waals surface area contributed by atoms with Crippen molar-refractivity contribution in [2.45, 2.75) is 19.4 Å². The normalized spacial score (nSPS) is 11.3. The lowest BCUT2D eigenvalue weighted by molar-refractivity contribution is -0.382. The SMILES string of the molecule is CC(C)(Nc1ccc2ncccc2c1[N+](=O)[O-])C(=O)O. The van der Waals surface area contributed by atoms with Crippen molar-refractivity contribution in [3.8, 4) is 0 Å². The first-order valence-corrected chi connectivity index (χ1v) is 5.86. The summed E-state index contributed by atoms with van der Waals surface area (Å²) in [6, 6.07) is 6.27. The van der Waals surface area contributed by atoms with Crippen LogP contribution < -0.4 is 5.32 Å². The molecule has 1 aromatic carbocycles. The maximum Gasteiger partial charge on any atom is 0.328 e. The van der Waals surface area contributed by atoms with E-state index in [0.717, 1.165) is 0 Å². The van der Waals surface area contributed by atoms with Crippen LogP contribution in [-0.2, 0) is 4.79 Å². The number of carboxylic acid groups (broad SMARTS) is 1. The minimum absolute atomic E-state index is 0.155. The first-order chi connectivity index (χ1) is 9.33. The van der Waals surface area contributed by atoms with E-state index >= 15 is 0 Å². The summed E-state index contributed by atoms with van der Waals surface area (Å²) in [4.78, 5) is 25.9. The van der Waals surface area contributed by atoms with Crippen LogP contribution >= 0.6 is 0 Å². The summed E-state index contributed by atoms with van der Waals surface area (Å²) in [5.74, 6) is -1.10. The lowest BCUT2D eigenvalue weighted by Gasteiger charge is -2.22. The quantitative estimate of drug-likeness (QED) is 0.655. The molecule has 2 rings (SSSR count). The second kappa shape index (κ2) is 4.76. The van der Waals surface area contributed by atoms with Crippen LogP contribution in [0.5, 0.6) is 0 Å². The van der Waals surface area contributed by atoms with Crippen molar-refractivity contribution >= 4 is 28.2 Å². The highest BCUT2D eigenvalue weighted by Gasteiger charge is 2.30. The Labute approximate surface area is 114 Å². The number of aromatic nitrogens is 1. The molecule has 104 valence electrons. The molecule has 1 aromatic heterocycles. The average Bonchev–Trinajstić information content (AvgIpc) is 2.37. The van der Waals surface area contributed by atoms with E-state index in [1.165, 1.54) is 19.9 Å². The van der Waals surface area contributed by atoms with E-state index in [0.29, 0.717) is 10.9 Å². The molecule has 0 saturated carbocycles. The van der Waals surface area contributed by atoms with Gasteiger partial charge in [-0.15, -0.1) is 0 Å².